The molecule has 1 unspecified atom stereocenters. The molecule has 1 aliphatic heterocycles. The molecular formula is C15H22O4. The van der Waals surface area contributed by atoms with Crippen LogP contribution in [0.5, 0.6) is 17.2 Å². The Morgan fingerprint density at radius 2 is 1.84 bits per heavy atom. The molecule has 0 radical (unpaired) electrons. The van der Waals surface area contributed by atoms with Crippen LogP contribution in [0.1, 0.15) is 31.9 Å². The molecule has 0 N–H and O–H groups in total. The standard InChI is InChI=1S/C15H22O4/c1-9(2)19-15-11-6-10(3)18-8-12(11)13(16-4)7-14(15)17-5/h7,9-10H,6,8H2,1-5H3. The molecule has 4 nitrogen and oxygen atoms in total. The molecule has 4 heteroatoms. The monoisotopic (exact) mass is 266 g/mol. The SMILES string of the molecule is COc1cc(OC)c(OC(C)C)c2c1COC(C)C2. The molecule has 2 rings (SSSR count). The van der Waals surface area contributed by atoms with Crippen molar-refractivity contribution in [2.24, 2.45) is 0 Å². The van der Waals surface area contributed by atoms with E-state index in [4.69, 9.17) is 18.9 Å². The normalized spacial score (nSPS) is 18.1. The number of methoxy groups -OCH3 is 2. The Hall–Kier alpha value is -1.42. The lowest BCUT2D eigenvalue weighted by atomic mass is 9.97. The van der Waals surface area contributed by atoms with Gasteiger partial charge in [-0.25, -0.2) is 0 Å². The minimum absolute atomic E-state index is 0.101. The van der Waals surface area contributed by atoms with Gasteiger partial charge in [-0.2, -0.15) is 0 Å². The van der Waals surface area contributed by atoms with Crippen molar-refractivity contribution < 1.29 is 18.9 Å². The van der Waals surface area contributed by atoms with Crippen LogP contribution < -0.4 is 14.2 Å². The van der Waals surface area contributed by atoms with Crippen molar-refractivity contribution in [2.75, 3.05) is 14.2 Å². The minimum Gasteiger partial charge on any atom is -0.496 e. The van der Waals surface area contributed by atoms with E-state index in [0.717, 1.165) is 34.8 Å². The molecule has 0 amide bonds. The summed E-state index contributed by atoms with van der Waals surface area (Å²) in [6.07, 6.45) is 1.09. The van der Waals surface area contributed by atoms with Crippen LogP contribution in [0, 0.1) is 0 Å². The molecule has 1 atom stereocenters. The molecule has 106 valence electrons. The third-order valence-corrected chi connectivity index (χ3v) is 3.22. The van der Waals surface area contributed by atoms with Gasteiger partial charge in [-0.3, -0.25) is 0 Å². The van der Waals surface area contributed by atoms with Crippen LogP contribution in [0.2, 0.25) is 0 Å². The highest BCUT2D eigenvalue weighted by molar-refractivity contribution is 5.58. The van der Waals surface area contributed by atoms with Crippen LogP contribution in [-0.4, -0.2) is 26.4 Å². The molecular weight excluding hydrogens is 244 g/mol. The summed E-state index contributed by atoms with van der Waals surface area (Å²) in [5, 5.41) is 0. The van der Waals surface area contributed by atoms with E-state index >= 15 is 0 Å². The molecule has 0 fully saturated rings. The zero-order chi connectivity index (χ0) is 14.0. The van der Waals surface area contributed by atoms with Gasteiger partial charge in [0.1, 0.15) is 5.75 Å². The van der Waals surface area contributed by atoms with Crippen LogP contribution in [0.3, 0.4) is 0 Å². The maximum absolute atomic E-state index is 5.95. The Balaban J connectivity index is 2.56. The first-order valence-corrected chi connectivity index (χ1v) is 6.61. The fraction of sp³-hybridized carbons (Fsp3) is 0.600. The third kappa shape index (κ3) is 2.78. The van der Waals surface area contributed by atoms with Gasteiger partial charge in [-0.1, -0.05) is 0 Å². The number of hydrogen-bond acceptors (Lipinski definition) is 4. The van der Waals surface area contributed by atoms with Crippen LogP contribution in [0.4, 0.5) is 0 Å². The van der Waals surface area contributed by atoms with Gasteiger partial charge in [0.15, 0.2) is 11.5 Å². The van der Waals surface area contributed by atoms with Gasteiger partial charge in [0, 0.05) is 23.6 Å². The Bertz CT molecular complexity index is 454. The lowest BCUT2D eigenvalue weighted by Crippen LogP contribution is -2.22. The van der Waals surface area contributed by atoms with Gasteiger partial charge >= 0.3 is 0 Å². The molecule has 0 spiro atoms. The van der Waals surface area contributed by atoms with E-state index < -0.39 is 0 Å². The second kappa shape index (κ2) is 5.70. The zero-order valence-corrected chi connectivity index (χ0v) is 12.3. The highest BCUT2D eigenvalue weighted by atomic mass is 16.5. The molecule has 19 heavy (non-hydrogen) atoms. The highest BCUT2D eigenvalue weighted by Crippen LogP contribution is 2.43. The fourth-order valence-electron chi connectivity index (χ4n) is 2.35. The van der Waals surface area contributed by atoms with Gasteiger partial charge in [0.2, 0.25) is 0 Å². The first kappa shape index (κ1) is 14.0. The van der Waals surface area contributed by atoms with Crippen molar-refractivity contribution in [3.8, 4) is 17.2 Å². The van der Waals surface area contributed by atoms with Crippen molar-refractivity contribution in [1.29, 1.82) is 0 Å². The summed E-state index contributed by atoms with van der Waals surface area (Å²) >= 11 is 0. The van der Waals surface area contributed by atoms with Crippen molar-refractivity contribution in [1.82, 2.24) is 0 Å². The van der Waals surface area contributed by atoms with Crippen LogP contribution in [0.15, 0.2) is 6.07 Å². The summed E-state index contributed by atoms with van der Waals surface area (Å²) in [5.41, 5.74) is 2.21. The van der Waals surface area contributed by atoms with Crippen LogP contribution in [0.25, 0.3) is 0 Å². The number of hydrogen-bond donors (Lipinski definition) is 0. The lowest BCUT2D eigenvalue weighted by Gasteiger charge is -2.28. The van der Waals surface area contributed by atoms with Crippen molar-refractivity contribution >= 4 is 0 Å². The van der Waals surface area contributed by atoms with Crippen molar-refractivity contribution in [3.05, 3.63) is 17.2 Å². The van der Waals surface area contributed by atoms with E-state index in [9.17, 15) is 0 Å². The van der Waals surface area contributed by atoms with Gasteiger partial charge in [0.05, 0.1) is 33.0 Å². The van der Waals surface area contributed by atoms with E-state index in [1.165, 1.54) is 0 Å². The molecule has 1 aromatic rings. The third-order valence-electron chi connectivity index (χ3n) is 3.22. The first-order chi connectivity index (χ1) is 9.06. The first-order valence-electron chi connectivity index (χ1n) is 6.61. The summed E-state index contributed by atoms with van der Waals surface area (Å²) in [7, 11) is 3.31. The molecule has 0 aromatic heterocycles. The fourth-order valence-corrected chi connectivity index (χ4v) is 2.35. The van der Waals surface area contributed by atoms with Gasteiger partial charge in [-0.05, 0) is 20.8 Å². The number of fused-ring (bicyclic) bond motifs is 1. The van der Waals surface area contributed by atoms with Crippen LogP contribution in [-0.2, 0) is 17.8 Å². The summed E-state index contributed by atoms with van der Waals surface area (Å²) in [6, 6.07) is 1.87. The van der Waals surface area contributed by atoms with E-state index in [1.807, 2.05) is 19.9 Å². The molecule has 1 heterocycles. The minimum atomic E-state index is 0.101. The number of rotatable bonds is 4. The molecule has 0 aliphatic carbocycles. The number of benzene rings is 1. The second-order valence-electron chi connectivity index (χ2n) is 5.06. The maximum atomic E-state index is 5.95. The Morgan fingerprint density at radius 3 is 2.42 bits per heavy atom. The summed E-state index contributed by atoms with van der Waals surface area (Å²) < 4.78 is 22.5. The molecule has 0 saturated carbocycles. The topological polar surface area (TPSA) is 36.9 Å². The second-order valence-corrected chi connectivity index (χ2v) is 5.06. The largest absolute Gasteiger partial charge is 0.496 e. The van der Waals surface area contributed by atoms with Crippen molar-refractivity contribution in [3.63, 3.8) is 0 Å². The highest BCUT2D eigenvalue weighted by Gasteiger charge is 2.26. The average Bonchev–Trinajstić information content (AvgIpc) is 2.38. The smallest absolute Gasteiger partial charge is 0.165 e. The molecule has 0 bridgehead atoms. The Labute approximate surface area is 114 Å². The van der Waals surface area contributed by atoms with Gasteiger partial charge in [0.25, 0.3) is 0 Å². The lowest BCUT2D eigenvalue weighted by molar-refractivity contribution is 0.0379. The van der Waals surface area contributed by atoms with E-state index in [1.54, 1.807) is 14.2 Å². The predicted molar refractivity (Wildman–Crippen MR) is 73.3 cm³/mol. The summed E-state index contributed by atoms with van der Waals surface area (Å²) in [6.45, 7) is 6.64. The maximum Gasteiger partial charge on any atom is 0.165 e. The quantitative estimate of drug-likeness (QED) is 0.839. The van der Waals surface area contributed by atoms with Crippen molar-refractivity contribution in [2.45, 2.75) is 46.0 Å². The van der Waals surface area contributed by atoms with Gasteiger partial charge < -0.3 is 18.9 Å². The van der Waals surface area contributed by atoms with Crippen LogP contribution >= 0.6 is 0 Å². The van der Waals surface area contributed by atoms with Gasteiger partial charge in [-0.15, -0.1) is 0 Å². The Morgan fingerprint density at radius 1 is 1.16 bits per heavy atom. The molecule has 0 saturated heterocycles. The predicted octanol–water partition coefficient (Wildman–Crippen LogP) is 2.95. The van der Waals surface area contributed by atoms with E-state index in [-0.39, 0.29) is 12.2 Å². The van der Waals surface area contributed by atoms with E-state index in [0.29, 0.717) is 6.61 Å². The molecule has 1 aliphatic rings. The summed E-state index contributed by atoms with van der Waals surface area (Å²) in [5.74, 6) is 2.34. The molecule has 1 aromatic carbocycles. The zero-order valence-electron chi connectivity index (χ0n) is 12.3. The number of ether oxygens (including phenoxy) is 4. The Kier molecular flexibility index (Phi) is 4.20. The average molecular weight is 266 g/mol. The van der Waals surface area contributed by atoms with E-state index in [2.05, 4.69) is 6.92 Å². The summed E-state index contributed by atoms with van der Waals surface area (Å²) in [4.78, 5) is 0.